The van der Waals surface area contributed by atoms with Gasteiger partial charge in [0.25, 0.3) is 0 Å². The van der Waals surface area contributed by atoms with Crippen LogP contribution in [0.15, 0.2) is 22.7 Å². The molecule has 1 heterocycles. The van der Waals surface area contributed by atoms with Crippen molar-refractivity contribution in [2.45, 2.75) is 26.3 Å². The van der Waals surface area contributed by atoms with E-state index in [-0.39, 0.29) is 17.5 Å². The first-order valence-electron chi connectivity index (χ1n) is 6.08. The fraction of sp³-hybridized carbons (Fsp3) is 0.385. The highest BCUT2D eigenvalue weighted by atomic mass is 16.5. The molecule has 102 valence electrons. The Bertz CT molecular complexity index is 566. The molecule has 0 amide bonds. The molecule has 19 heavy (non-hydrogen) atoms. The Morgan fingerprint density at radius 2 is 2.00 bits per heavy atom. The Morgan fingerprint density at radius 1 is 1.26 bits per heavy atom. The van der Waals surface area contributed by atoms with Gasteiger partial charge in [-0.25, -0.2) is 0 Å². The summed E-state index contributed by atoms with van der Waals surface area (Å²) in [5.41, 5.74) is 6.51. The van der Waals surface area contributed by atoms with Crippen molar-refractivity contribution in [3.8, 4) is 22.9 Å². The molecule has 0 radical (unpaired) electrons. The molecule has 6 heteroatoms. The molecule has 1 unspecified atom stereocenters. The van der Waals surface area contributed by atoms with Crippen LogP contribution < -0.4 is 5.73 Å². The van der Waals surface area contributed by atoms with Gasteiger partial charge in [-0.1, -0.05) is 19.0 Å². The van der Waals surface area contributed by atoms with E-state index in [0.29, 0.717) is 29.6 Å². The van der Waals surface area contributed by atoms with Crippen LogP contribution in [0.5, 0.6) is 11.5 Å². The van der Waals surface area contributed by atoms with Crippen molar-refractivity contribution in [1.29, 1.82) is 0 Å². The van der Waals surface area contributed by atoms with Crippen LogP contribution in [0.2, 0.25) is 0 Å². The molecular weight excluding hydrogens is 246 g/mol. The minimum absolute atomic E-state index is 0.0403. The van der Waals surface area contributed by atoms with Crippen molar-refractivity contribution in [3.05, 3.63) is 24.1 Å². The summed E-state index contributed by atoms with van der Waals surface area (Å²) >= 11 is 0. The first-order valence-corrected chi connectivity index (χ1v) is 6.08. The number of hydrogen-bond donors (Lipinski definition) is 3. The average Bonchev–Trinajstić information content (AvgIpc) is 2.81. The summed E-state index contributed by atoms with van der Waals surface area (Å²) in [5, 5.41) is 22.5. The van der Waals surface area contributed by atoms with E-state index in [1.165, 1.54) is 12.1 Å². The lowest BCUT2D eigenvalue weighted by molar-refractivity contribution is 0.353. The van der Waals surface area contributed by atoms with Gasteiger partial charge in [0.05, 0.1) is 0 Å². The normalized spacial score (nSPS) is 12.8. The van der Waals surface area contributed by atoms with Gasteiger partial charge in [0.1, 0.15) is 0 Å². The highest BCUT2D eigenvalue weighted by Gasteiger charge is 2.15. The quantitative estimate of drug-likeness (QED) is 0.725. The van der Waals surface area contributed by atoms with E-state index in [0.717, 1.165) is 0 Å². The smallest absolute Gasteiger partial charge is 0.228 e. The first-order chi connectivity index (χ1) is 8.97. The summed E-state index contributed by atoms with van der Waals surface area (Å²) in [6, 6.07) is 4.32. The number of phenols is 2. The maximum absolute atomic E-state index is 9.43. The highest BCUT2D eigenvalue weighted by molar-refractivity contribution is 5.59. The summed E-state index contributed by atoms with van der Waals surface area (Å²) in [6.45, 7) is 4.06. The third kappa shape index (κ3) is 3.03. The topological polar surface area (TPSA) is 105 Å². The molecule has 1 aromatic carbocycles. The lowest BCUT2D eigenvalue weighted by Crippen LogP contribution is -2.28. The third-order valence-electron chi connectivity index (χ3n) is 2.97. The summed E-state index contributed by atoms with van der Waals surface area (Å²) in [4.78, 5) is 4.22. The number of benzene rings is 1. The monoisotopic (exact) mass is 263 g/mol. The molecule has 0 aliphatic heterocycles. The summed E-state index contributed by atoms with van der Waals surface area (Å²) in [6.07, 6.45) is 0.509. The van der Waals surface area contributed by atoms with Crippen molar-refractivity contribution in [1.82, 2.24) is 10.1 Å². The van der Waals surface area contributed by atoms with Crippen molar-refractivity contribution < 1.29 is 14.7 Å². The molecule has 6 nitrogen and oxygen atoms in total. The number of hydrogen-bond acceptors (Lipinski definition) is 6. The molecule has 0 aliphatic rings. The van der Waals surface area contributed by atoms with E-state index in [4.69, 9.17) is 10.3 Å². The van der Waals surface area contributed by atoms with E-state index < -0.39 is 0 Å². The summed E-state index contributed by atoms with van der Waals surface area (Å²) in [5.74, 6) is 0.745. The second kappa shape index (κ2) is 5.27. The fourth-order valence-corrected chi connectivity index (χ4v) is 1.55. The summed E-state index contributed by atoms with van der Waals surface area (Å²) < 4.78 is 5.12. The van der Waals surface area contributed by atoms with E-state index in [2.05, 4.69) is 10.1 Å². The van der Waals surface area contributed by atoms with Crippen LogP contribution in [0.1, 0.15) is 19.7 Å². The largest absolute Gasteiger partial charge is 0.504 e. The molecule has 2 rings (SSSR count). The van der Waals surface area contributed by atoms with E-state index in [1.807, 2.05) is 13.8 Å². The number of nitrogens with two attached hydrogens (primary N) is 1. The Hall–Kier alpha value is -2.08. The maximum atomic E-state index is 9.43. The van der Waals surface area contributed by atoms with Gasteiger partial charge in [-0.3, -0.25) is 0 Å². The lowest BCUT2D eigenvalue weighted by Gasteiger charge is -2.11. The molecule has 0 aliphatic carbocycles. The van der Waals surface area contributed by atoms with Crippen LogP contribution in [0.3, 0.4) is 0 Å². The number of aromatic hydroxyl groups is 2. The molecule has 1 aromatic heterocycles. The van der Waals surface area contributed by atoms with Crippen molar-refractivity contribution in [2.75, 3.05) is 0 Å². The van der Waals surface area contributed by atoms with Crippen LogP contribution in [0, 0.1) is 5.92 Å². The Labute approximate surface area is 110 Å². The molecule has 0 saturated carbocycles. The van der Waals surface area contributed by atoms with Crippen LogP contribution in [-0.2, 0) is 6.42 Å². The van der Waals surface area contributed by atoms with Gasteiger partial charge in [-0.15, -0.1) is 0 Å². The van der Waals surface area contributed by atoms with E-state index >= 15 is 0 Å². The number of phenolic OH excluding ortho intramolecular Hbond substituents is 2. The zero-order valence-electron chi connectivity index (χ0n) is 10.9. The maximum Gasteiger partial charge on any atom is 0.228 e. The Balaban J connectivity index is 2.18. The molecule has 2 aromatic rings. The van der Waals surface area contributed by atoms with Crippen molar-refractivity contribution in [3.63, 3.8) is 0 Å². The Morgan fingerprint density at radius 3 is 2.63 bits per heavy atom. The van der Waals surface area contributed by atoms with Crippen molar-refractivity contribution >= 4 is 0 Å². The van der Waals surface area contributed by atoms with Crippen LogP contribution in [-0.4, -0.2) is 26.4 Å². The SMILES string of the molecule is CC(C)C(N)Cc1nc(-c2ccc(O)c(O)c2)no1. The van der Waals surface area contributed by atoms with Crippen molar-refractivity contribution in [2.24, 2.45) is 11.7 Å². The second-order valence-electron chi connectivity index (χ2n) is 4.83. The molecule has 0 saturated heterocycles. The van der Waals surface area contributed by atoms with Gasteiger partial charge < -0.3 is 20.5 Å². The Kier molecular flexibility index (Phi) is 3.71. The molecule has 1 atom stereocenters. The molecule has 0 spiro atoms. The van der Waals surface area contributed by atoms with Gasteiger partial charge in [0.2, 0.25) is 11.7 Å². The third-order valence-corrected chi connectivity index (χ3v) is 2.97. The molecule has 4 N–H and O–H groups in total. The van der Waals surface area contributed by atoms with Gasteiger partial charge in [0.15, 0.2) is 11.5 Å². The fourth-order valence-electron chi connectivity index (χ4n) is 1.55. The molecular formula is C13H17N3O3. The van der Waals surface area contributed by atoms with E-state index in [1.54, 1.807) is 6.07 Å². The number of nitrogens with zero attached hydrogens (tertiary/aromatic N) is 2. The molecule has 0 bridgehead atoms. The number of rotatable bonds is 4. The second-order valence-corrected chi connectivity index (χ2v) is 4.83. The van der Waals surface area contributed by atoms with E-state index in [9.17, 15) is 10.2 Å². The number of aromatic nitrogens is 2. The van der Waals surface area contributed by atoms with Crippen LogP contribution in [0.4, 0.5) is 0 Å². The minimum Gasteiger partial charge on any atom is -0.504 e. The van der Waals surface area contributed by atoms with Crippen LogP contribution in [0.25, 0.3) is 11.4 Å². The minimum atomic E-state index is -0.220. The van der Waals surface area contributed by atoms with Crippen LogP contribution >= 0.6 is 0 Å². The highest BCUT2D eigenvalue weighted by Crippen LogP contribution is 2.29. The average molecular weight is 263 g/mol. The van der Waals surface area contributed by atoms with Gasteiger partial charge >= 0.3 is 0 Å². The van der Waals surface area contributed by atoms with Gasteiger partial charge in [-0.05, 0) is 24.1 Å². The lowest BCUT2D eigenvalue weighted by atomic mass is 10.0. The van der Waals surface area contributed by atoms with Gasteiger partial charge in [-0.2, -0.15) is 4.98 Å². The zero-order valence-corrected chi connectivity index (χ0v) is 10.9. The predicted octanol–water partition coefficient (Wildman–Crippen LogP) is 1.67. The predicted molar refractivity (Wildman–Crippen MR) is 69.6 cm³/mol. The molecule has 0 fully saturated rings. The zero-order chi connectivity index (χ0) is 14.0. The summed E-state index contributed by atoms with van der Waals surface area (Å²) in [7, 11) is 0. The first kappa shape index (κ1) is 13.4. The van der Waals surface area contributed by atoms with Gasteiger partial charge in [0, 0.05) is 18.0 Å². The standard InChI is InChI=1S/C13H17N3O3/c1-7(2)9(14)6-12-15-13(16-19-12)8-3-4-10(17)11(18)5-8/h3-5,7,9,17-18H,6,14H2,1-2H3.